The van der Waals surface area contributed by atoms with Crippen molar-refractivity contribution >= 4 is 0 Å². The summed E-state index contributed by atoms with van der Waals surface area (Å²) in [7, 11) is 4.37. The fourth-order valence-corrected chi connectivity index (χ4v) is 2.73. The molecule has 0 bridgehead atoms. The predicted octanol–water partition coefficient (Wildman–Crippen LogP) is -0.196. The Balaban J connectivity index is 1.88. The van der Waals surface area contributed by atoms with Gasteiger partial charge < -0.3 is 15.5 Å². The van der Waals surface area contributed by atoms with Crippen LogP contribution in [0.5, 0.6) is 0 Å². The minimum atomic E-state index is 0.147. The number of rotatable bonds is 5. The number of likely N-dealkylation sites (N-methyl/N-ethyl adjacent to an activating group) is 2. The Morgan fingerprint density at radius 3 is 2.95 bits per heavy atom. The van der Waals surface area contributed by atoms with Crippen LogP contribution >= 0.6 is 0 Å². The van der Waals surface area contributed by atoms with Gasteiger partial charge in [0.2, 0.25) is 0 Å². The van der Waals surface area contributed by atoms with Crippen LogP contribution in [0.4, 0.5) is 0 Å². The topological polar surface area (TPSA) is 63.2 Å². The highest BCUT2D eigenvalue weighted by molar-refractivity contribution is 4.91. The Bertz CT molecular complexity index is 390. The average molecular weight is 266 g/mol. The predicted molar refractivity (Wildman–Crippen MR) is 75.9 cm³/mol. The Hall–Kier alpha value is -0.980. The van der Waals surface area contributed by atoms with Gasteiger partial charge in [-0.1, -0.05) is 0 Å². The zero-order chi connectivity index (χ0) is 13.8. The molecule has 0 aliphatic carbocycles. The summed E-state index contributed by atoms with van der Waals surface area (Å²) in [5.74, 6) is 1.00. The van der Waals surface area contributed by atoms with Crippen molar-refractivity contribution in [3.05, 3.63) is 12.2 Å². The summed E-state index contributed by atoms with van der Waals surface area (Å²) in [5, 5.41) is 4.19. The molecule has 1 aromatic rings. The van der Waals surface area contributed by atoms with Gasteiger partial charge in [0.1, 0.15) is 12.2 Å². The Kier molecular flexibility index (Phi) is 4.90. The second-order valence-corrected chi connectivity index (χ2v) is 5.59. The Labute approximate surface area is 115 Å². The summed E-state index contributed by atoms with van der Waals surface area (Å²) in [6, 6.07) is 0.695. The average Bonchev–Trinajstić information content (AvgIpc) is 2.81. The van der Waals surface area contributed by atoms with Crippen molar-refractivity contribution in [1.82, 2.24) is 24.6 Å². The Morgan fingerprint density at radius 2 is 2.21 bits per heavy atom. The maximum absolute atomic E-state index is 6.30. The summed E-state index contributed by atoms with van der Waals surface area (Å²) in [6.07, 6.45) is 3.44. The van der Waals surface area contributed by atoms with Crippen LogP contribution in [-0.2, 0) is 13.0 Å². The first-order valence-corrected chi connectivity index (χ1v) is 7.11. The van der Waals surface area contributed by atoms with Crippen LogP contribution in [0.2, 0.25) is 0 Å². The molecule has 1 aliphatic heterocycles. The fraction of sp³-hybridized carbons (Fsp3) is 0.846. The van der Waals surface area contributed by atoms with Crippen molar-refractivity contribution in [3.63, 3.8) is 0 Å². The van der Waals surface area contributed by atoms with Gasteiger partial charge in [-0.3, -0.25) is 4.68 Å². The zero-order valence-electron chi connectivity index (χ0n) is 12.3. The maximum atomic E-state index is 6.30. The molecule has 6 heteroatoms. The SMILES string of the molecule is CCn1ncnc1CC(N)CC1CN(C)CCN1C. The van der Waals surface area contributed by atoms with E-state index in [0.717, 1.165) is 44.8 Å². The molecule has 0 amide bonds. The van der Waals surface area contributed by atoms with Crippen molar-refractivity contribution in [2.45, 2.75) is 38.4 Å². The second kappa shape index (κ2) is 6.45. The highest BCUT2D eigenvalue weighted by Crippen LogP contribution is 2.13. The van der Waals surface area contributed by atoms with E-state index in [1.165, 1.54) is 0 Å². The molecule has 108 valence electrons. The highest BCUT2D eigenvalue weighted by Gasteiger charge is 2.24. The number of hydrogen-bond acceptors (Lipinski definition) is 5. The molecule has 0 spiro atoms. The fourth-order valence-electron chi connectivity index (χ4n) is 2.73. The van der Waals surface area contributed by atoms with E-state index in [4.69, 9.17) is 5.73 Å². The van der Waals surface area contributed by atoms with Gasteiger partial charge in [-0.05, 0) is 27.4 Å². The molecule has 0 aromatic carbocycles. The van der Waals surface area contributed by atoms with Gasteiger partial charge in [-0.2, -0.15) is 5.10 Å². The smallest absolute Gasteiger partial charge is 0.138 e. The molecule has 2 unspecified atom stereocenters. The number of aryl methyl sites for hydroxylation is 1. The lowest BCUT2D eigenvalue weighted by Gasteiger charge is -2.38. The highest BCUT2D eigenvalue weighted by atomic mass is 15.3. The molecule has 0 radical (unpaired) electrons. The summed E-state index contributed by atoms with van der Waals surface area (Å²) < 4.78 is 1.93. The van der Waals surface area contributed by atoms with Gasteiger partial charge in [-0.25, -0.2) is 4.98 Å². The summed E-state index contributed by atoms with van der Waals surface area (Å²) >= 11 is 0. The maximum Gasteiger partial charge on any atom is 0.138 e. The molecular weight excluding hydrogens is 240 g/mol. The van der Waals surface area contributed by atoms with Crippen molar-refractivity contribution < 1.29 is 0 Å². The first kappa shape index (κ1) is 14.4. The van der Waals surface area contributed by atoms with Crippen LogP contribution in [0, 0.1) is 0 Å². The lowest BCUT2D eigenvalue weighted by Crippen LogP contribution is -2.52. The van der Waals surface area contributed by atoms with Crippen molar-refractivity contribution in [2.75, 3.05) is 33.7 Å². The molecule has 2 heterocycles. The molecule has 19 heavy (non-hydrogen) atoms. The van der Waals surface area contributed by atoms with Gasteiger partial charge >= 0.3 is 0 Å². The molecule has 1 fully saturated rings. The molecule has 1 saturated heterocycles. The molecule has 1 aliphatic rings. The first-order chi connectivity index (χ1) is 9.10. The number of nitrogens with zero attached hydrogens (tertiary/aromatic N) is 5. The normalized spacial score (nSPS) is 23.7. The molecule has 2 rings (SSSR count). The third kappa shape index (κ3) is 3.75. The second-order valence-electron chi connectivity index (χ2n) is 5.59. The van der Waals surface area contributed by atoms with E-state index >= 15 is 0 Å². The van der Waals surface area contributed by atoms with Crippen LogP contribution in [-0.4, -0.2) is 70.4 Å². The third-order valence-electron chi connectivity index (χ3n) is 4.00. The van der Waals surface area contributed by atoms with E-state index in [1.807, 2.05) is 4.68 Å². The molecular formula is C13H26N6. The Morgan fingerprint density at radius 1 is 1.42 bits per heavy atom. The summed E-state index contributed by atoms with van der Waals surface area (Å²) in [5.41, 5.74) is 6.30. The monoisotopic (exact) mass is 266 g/mol. The van der Waals surface area contributed by atoms with E-state index in [9.17, 15) is 0 Å². The van der Waals surface area contributed by atoms with Gasteiger partial charge in [0.15, 0.2) is 0 Å². The van der Waals surface area contributed by atoms with Gasteiger partial charge in [-0.15, -0.1) is 0 Å². The van der Waals surface area contributed by atoms with Gasteiger partial charge in [0.05, 0.1) is 0 Å². The van der Waals surface area contributed by atoms with Crippen LogP contribution in [0.1, 0.15) is 19.2 Å². The van der Waals surface area contributed by atoms with Gasteiger partial charge in [0.25, 0.3) is 0 Å². The van der Waals surface area contributed by atoms with Gasteiger partial charge in [0, 0.05) is 44.7 Å². The number of piperazine rings is 1. The van der Waals surface area contributed by atoms with Crippen LogP contribution in [0.15, 0.2) is 6.33 Å². The van der Waals surface area contributed by atoms with Crippen LogP contribution in [0.25, 0.3) is 0 Å². The van der Waals surface area contributed by atoms with E-state index in [-0.39, 0.29) is 6.04 Å². The minimum Gasteiger partial charge on any atom is -0.327 e. The summed E-state index contributed by atoms with van der Waals surface area (Å²) in [4.78, 5) is 9.10. The van der Waals surface area contributed by atoms with Crippen LogP contribution in [0.3, 0.4) is 0 Å². The number of aromatic nitrogens is 3. The van der Waals surface area contributed by atoms with E-state index in [1.54, 1.807) is 6.33 Å². The van der Waals surface area contributed by atoms with E-state index in [0.29, 0.717) is 6.04 Å². The zero-order valence-corrected chi connectivity index (χ0v) is 12.3. The van der Waals surface area contributed by atoms with Crippen molar-refractivity contribution in [3.8, 4) is 0 Å². The summed E-state index contributed by atoms with van der Waals surface area (Å²) in [6.45, 7) is 6.30. The molecule has 6 nitrogen and oxygen atoms in total. The minimum absolute atomic E-state index is 0.147. The van der Waals surface area contributed by atoms with Crippen molar-refractivity contribution in [2.24, 2.45) is 5.73 Å². The largest absolute Gasteiger partial charge is 0.327 e. The molecule has 1 aromatic heterocycles. The quantitative estimate of drug-likeness (QED) is 0.800. The number of hydrogen-bond donors (Lipinski definition) is 1. The number of nitrogens with two attached hydrogens (primary N) is 1. The van der Waals surface area contributed by atoms with E-state index < -0.39 is 0 Å². The third-order valence-corrected chi connectivity index (χ3v) is 4.00. The lowest BCUT2D eigenvalue weighted by atomic mass is 10.0. The first-order valence-electron chi connectivity index (χ1n) is 7.11. The molecule has 2 N–H and O–H groups in total. The van der Waals surface area contributed by atoms with E-state index in [2.05, 4.69) is 40.9 Å². The van der Waals surface area contributed by atoms with Crippen LogP contribution < -0.4 is 5.73 Å². The van der Waals surface area contributed by atoms with Crippen molar-refractivity contribution in [1.29, 1.82) is 0 Å². The molecule has 2 atom stereocenters. The lowest BCUT2D eigenvalue weighted by molar-refractivity contribution is 0.104. The standard InChI is InChI=1S/C13H26N6/c1-4-19-13(15-10-16-19)8-11(14)7-12-9-17(2)5-6-18(12)3/h10-12H,4-9,14H2,1-3H3. The molecule has 0 saturated carbocycles.